The van der Waals surface area contributed by atoms with Gasteiger partial charge in [0.15, 0.2) is 6.04 Å². The standard InChI is InChI=1S/C21H23ClN6O2/c1-2-19(28-24-20(23-25-28)15-6-8-16(22)9-7-15)21(30)27-12-10-26(11-13-27)17-4-3-5-18(29)14-17/h3-9,14,19,29H,2,10-13H2,1H3. The third-order valence-electron chi connectivity index (χ3n) is 5.27. The second-order valence-electron chi connectivity index (χ2n) is 7.20. The summed E-state index contributed by atoms with van der Waals surface area (Å²) in [5, 5.41) is 23.0. The Morgan fingerprint density at radius 1 is 1.13 bits per heavy atom. The molecule has 1 saturated heterocycles. The number of halogens is 1. The summed E-state index contributed by atoms with van der Waals surface area (Å²) in [6, 6.07) is 13.9. The normalized spacial score (nSPS) is 15.3. The summed E-state index contributed by atoms with van der Waals surface area (Å²) in [4.78, 5) is 18.6. The predicted octanol–water partition coefficient (Wildman–Crippen LogP) is 3.00. The van der Waals surface area contributed by atoms with Crippen LogP contribution in [0.5, 0.6) is 5.75 Å². The molecule has 1 aliphatic heterocycles. The lowest BCUT2D eigenvalue weighted by Crippen LogP contribution is -2.50. The molecule has 1 unspecified atom stereocenters. The number of aromatic nitrogens is 4. The largest absolute Gasteiger partial charge is 0.508 e. The van der Waals surface area contributed by atoms with Crippen molar-refractivity contribution in [3.8, 4) is 17.1 Å². The van der Waals surface area contributed by atoms with Crippen molar-refractivity contribution < 1.29 is 9.90 Å². The summed E-state index contributed by atoms with van der Waals surface area (Å²) in [7, 11) is 0. The number of carbonyl (C=O) groups is 1. The average molecular weight is 427 g/mol. The number of piperazine rings is 1. The Hall–Kier alpha value is -3.13. The number of carbonyl (C=O) groups excluding carboxylic acids is 1. The van der Waals surface area contributed by atoms with E-state index in [1.807, 2.05) is 36.1 Å². The minimum atomic E-state index is -0.495. The molecular weight excluding hydrogens is 404 g/mol. The van der Waals surface area contributed by atoms with Gasteiger partial charge in [0.2, 0.25) is 11.7 Å². The molecular formula is C21H23ClN6O2. The highest BCUT2D eigenvalue weighted by Crippen LogP contribution is 2.23. The van der Waals surface area contributed by atoms with Crippen molar-refractivity contribution in [3.63, 3.8) is 0 Å². The molecule has 8 nitrogen and oxygen atoms in total. The van der Waals surface area contributed by atoms with Gasteiger partial charge in [-0.15, -0.1) is 10.2 Å². The first-order chi connectivity index (χ1) is 14.5. The number of nitrogens with zero attached hydrogens (tertiary/aromatic N) is 6. The van der Waals surface area contributed by atoms with Crippen LogP contribution < -0.4 is 4.90 Å². The summed E-state index contributed by atoms with van der Waals surface area (Å²) in [5.74, 6) is 0.700. The van der Waals surface area contributed by atoms with Gasteiger partial charge in [-0.25, -0.2) is 0 Å². The van der Waals surface area contributed by atoms with Crippen molar-refractivity contribution in [2.75, 3.05) is 31.1 Å². The van der Waals surface area contributed by atoms with Gasteiger partial charge in [-0.05, 0) is 48.0 Å². The van der Waals surface area contributed by atoms with Crippen LogP contribution in [-0.4, -0.2) is 62.3 Å². The molecule has 1 amide bonds. The number of benzene rings is 2. The lowest BCUT2D eigenvalue weighted by molar-refractivity contribution is -0.135. The van der Waals surface area contributed by atoms with E-state index in [-0.39, 0.29) is 11.7 Å². The number of anilines is 1. The van der Waals surface area contributed by atoms with Gasteiger partial charge in [0.25, 0.3) is 0 Å². The van der Waals surface area contributed by atoms with Crippen LogP contribution in [0.2, 0.25) is 5.02 Å². The molecule has 1 N–H and O–H groups in total. The topological polar surface area (TPSA) is 87.4 Å². The summed E-state index contributed by atoms with van der Waals surface area (Å²) in [6.45, 7) is 4.54. The fraction of sp³-hybridized carbons (Fsp3) is 0.333. The molecule has 0 spiro atoms. The predicted molar refractivity (Wildman–Crippen MR) is 114 cm³/mol. The zero-order chi connectivity index (χ0) is 21.1. The van der Waals surface area contributed by atoms with Gasteiger partial charge in [-0.2, -0.15) is 4.80 Å². The second kappa shape index (κ2) is 8.71. The minimum Gasteiger partial charge on any atom is -0.508 e. The Morgan fingerprint density at radius 2 is 1.87 bits per heavy atom. The molecule has 2 heterocycles. The monoisotopic (exact) mass is 426 g/mol. The Kier molecular flexibility index (Phi) is 5.85. The van der Waals surface area contributed by atoms with E-state index in [2.05, 4.69) is 20.3 Å². The van der Waals surface area contributed by atoms with Crippen LogP contribution >= 0.6 is 11.6 Å². The van der Waals surface area contributed by atoms with Crippen LogP contribution in [0.4, 0.5) is 5.69 Å². The molecule has 1 aromatic heterocycles. The van der Waals surface area contributed by atoms with Crippen molar-refractivity contribution in [2.24, 2.45) is 0 Å². The maximum atomic E-state index is 13.1. The Labute approximate surface area is 179 Å². The molecule has 9 heteroatoms. The lowest BCUT2D eigenvalue weighted by atomic mass is 10.1. The Balaban J connectivity index is 1.43. The first-order valence-electron chi connectivity index (χ1n) is 9.93. The number of hydrogen-bond donors (Lipinski definition) is 1. The molecule has 156 valence electrons. The molecule has 1 fully saturated rings. The first-order valence-corrected chi connectivity index (χ1v) is 10.3. The number of phenolic OH excluding ortho intramolecular Hbond substituents is 1. The molecule has 1 aliphatic rings. The van der Waals surface area contributed by atoms with Crippen LogP contribution in [0, 0.1) is 0 Å². The number of amides is 1. The van der Waals surface area contributed by atoms with Gasteiger partial charge in [0.05, 0.1) is 0 Å². The van der Waals surface area contributed by atoms with Gasteiger partial charge in [-0.3, -0.25) is 4.79 Å². The number of hydrogen-bond acceptors (Lipinski definition) is 6. The first kappa shape index (κ1) is 20.2. The SMILES string of the molecule is CCC(C(=O)N1CCN(c2cccc(O)c2)CC1)n1nnc(-c2ccc(Cl)cc2)n1. The van der Waals surface area contributed by atoms with Crippen LogP contribution in [0.25, 0.3) is 11.4 Å². The van der Waals surface area contributed by atoms with E-state index in [1.54, 1.807) is 24.3 Å². The smallest absolute Gasteiger partial charge is 0.249 e. The number of tetrazole rings is 1. The lowest BCUT2D eigenvalue weighted by Gasteiger charge is -2.37. The van der Waals surface area contributed by atoms with Gasteiger partial charge in [-0.1, -0.05) is 24.6 Å². The van der Waals surface area contributed by atoms with Gasteiger partial charge >= 0.3 is 0 Å². The average Bonchev–Trinajstić information content (AvgIpc) is 3.24. The second-order valence-corrected chi connectivity index (χ2v) is 7.63. The van der Waals surface area contributed by atoms with Crippen molar-refractivity contribution in [1.29, 1.82) is 0 Å². The molecule has 4 rings (SSSR count). The van der Waals surface area contributed by atoms with Crippen molar-refractivity contribution >= 4 is 23.2 Å². The van der Waals surface area contributed by atoms with Gasteiger partial charge in [0, 0.05) is 48.5 Å². The highest BCUT2D eigenvalue weighted by molar-refractivity contribution is 6.30. The maximum Gasteiger partial charge on any atom is 0.249 e. The van der Waals surface area contributed by atoms with Gasteiger partial charge < -0.3 is 14.9 Å². The Bertz CT molecular complexity index is 1010. The Morgan fingerprint density at radius 3 is 2.53 bits per heavy atom. The number of phenols is 1. The zero-order valence-electron chi connectivity index (χ0n) is 16.6. The molecule has 0 radical (unpaired) electrons. The van der Waals surface area contributed by atoms with Crippen molar-refractivity contribution in [1.82, 2.24) is 25.1 Å². The summed E-state index contributed by atoms with van der Waals surface area (Å²) in [6.07, 6.45) is 0.571. The minimum absolute atomic E-state index is 0.00637. The summed E-state index contributed by atoms with van der Waals surface area (Å²) in [5.41, 5.74) is 1.76. The highest BCUT2D eigenvalue weighted by Gasteiger charge is 2.29. The molecule has 3 aromatic rings. The quantitative estimate of drug-likeness (QED) is 0.674. The fourth-order valence-corrected chi connectivity index (χ4v) is 3.72. The van der Waals surface area contributed by atoms with Crippen LogP contribution in [-0.2, 0) is 4.79 Å². The number of rotatable bonds is 5. The number of aromatic hydroxyl groups is 1. The van der Waals surface area contributed by atoms with E-state index in [4.69, 9.17) is 11.6 Å². The van der Waals surface area contributed by atoms with E-state index in [1.165, 1.54) is 4.80 Å². The van der Waals surface area contributed by atoms with E-state index < -0.39 is 6.04 Å². The van der Waals surface area contributed by atoms with Crippen LogP contribution in [0.15, 0.2) is 48.5 Å². The van der Waals surface area contributed by atoms with Crippen molar-refractivity contribution in [3.05, 3.63) is 53.6 Å². The highest BCUT2D eigenvalue weighted by atomic mass is 35.5. The van der Waals surface area contributed by atoms with Crippen LogP contribution in [0.3, 0.4) is 0 Å². The molecule has 30 heavy (non-hydrogen) atoms. The molecule has 1 atom stereocenters. The molecule has 2 aromatic carbocycles. The van der Waals surface area contributed by atoms with E-state index in [0.717, 1.165) is 11.3 Å². The maximum absolute atomic E-state index is 13.1. The van der Waals surface area contributed by atoms with E-state index >= 15 is 0 Å². The molecule has 0 aliphatic carbocycles. The van der Waals surface area contributed by atoms with Crippen LogP contribution in [0.1, 0.15) is 19.4 Å². The molecule has 0 bridgehead atoms. The summed E-state index contributed by atoms with van der Waals surface area (Å²) < 4.78 is 0. The van der Waals surface area contributed by atoms with Gasteiger partial charge in [0.1, 0.15) is 5.75 Å². The van der Waals surface area contributed by atoms with E-state index in [0.29, 0.717) is 43.4 Å². The zero-order valence-corrected chi connectivity index (χ0v) is 17.4. The third kappa shape index (κ3) is 4.23. The third-order valence-corrected chi connectivity index (χ3v) is 5.52. The van der Waals surface area contributed by atoms with Crippen molar-refractivity contribution in [2.45, 2.75) is 19.4 Å². The molecule has 0 saturated carbocycles. The fourth-order valence-electron chi connectivity index (χ4n) is 3.59. The summed E-state index contributed by atoms with van der Waals surface area (Å²) >= 11 is 5.93. The van der Waals surface area contributed by atoms with E-state index in [9.17, 15) is 9.90 Å².